The van der Waals surface area contributed by atoms with Crippen molar-refractivity contribution >= 4 is 34.3 Å². The van der Waals surface area contributed by atoms with Gasteiger partial charge in [0.25, 0.3) is 5.56 Å². The highest BCUT2D eigenvalue weighted by Crippen LogP contribution is 2.14. The highest BCUT2D eigenvalue weighted by Gasteiger charge is 2.16. The van der Waals surface area contributed by atoms with E-state index in [-0.39, 0.29) is 30.5 Å². The summed E-state index contributed by atoms with van der Waals surface area (Å²) in [6.45, 7) is -0.237. The van der Waals surface area contributed by atoms with Gasteiger partial charge in [-0.05, 0) is 18.2 Å². The minimum Gasteiger partial charge on any atom is -0.347 e. The van der Waals surface area contributed by atoms with Gasteiger partial charge in [-0.1, -0.05) is 11.6 Å². The number of carbonyl (C=O) groups excluding carboxylic acids is 2. The molecule has 23 heavy (non-hydrogen) atoms. The lowest BCUT2D eigenvalue weighted by molar-refractivity contribution is -0.138. The summed E-state index contributed by atoms with van der Waals surface area (Å²) in [5, 5.41) is 0.772. The average Bonchev–Trinajstić information content (AvgIpc) is 2.50. The first-order valence-electron chi connectivity index (χ1n) is 6.88. The van der Waals surface area contributed by atoms with Crippen molar-refractivity contribution in [3.05, 3.63) is 39.9 Å². The van der Waals surface area contributed by atoms with Crippen molar-refractivity contribution < 1.29 is 9.59 Å². The van der Waals surface area contributed by atoms with Crippen LogP contribution in [0.4, 0.5) is 0 Å². The molecule has 0 unspecified atom stereocenters. The molecule has 2 amide bonds. The number of aromatic nitrogens is 2. The average molecular weight is 337 g/mol. The summed E-state index contributed by atoms with van der Waals surface area (Å²) >= 11 is 5.89. The van der Waals surface area contributed by atoms with Gasteiger partial charge < -0.3 is 9.80 Å². The molecule has 122 valence electrons. The molecule has 1 aromatic heterocycles. The number of nitrogens with zero attached hydrogens (tertiary/aromatic N) is 4. The Bertz CT molecular complexity index is 816. The summed E-state index contributed by atoms with van der Waals surface area (Å²) in [4.78, 5) is 43.0. The van der Waals surface area contributed by atoms with Crippen LogP contribution in [0.5, 0.6) is 0 Å². The van der Waals surface area contributed by atoms with Gasteiger partial charge in [0.05, 0.1) is 23.8 Å². The van der Waals surface area contributed by atoms with Gasteiger partial charge in [-0.25, -0.2) is 4.98 Å². The van der Waals surface area contributed by atoms with Crippen LogP contribution in [0.3, 0.4) is 0 Å². The molecule has 0 atom stereocenters. The summed E-state index contributed by atoms with van der Waals surface area (Å²) in [6, 6.07) is 4.81. The van der Waals surface area contributed by atoms with Crippen molar-refractivity contribution in [3.8, 4) is 0 Å². The largest absolute Gasteiger partial charge is 0.347 e. The van der Waals surface area contributed by atoms with Crippen LogP contribution in [0, 0.1) is 0 Å². The van der Waals surface area contributed by atoms with Crippen LogP contribution in [-0.2, 0) is 16.1 Å². The van der Waals surface area contributed by atoms with Gasteiger partial charge in [-0.2, -0.15) is 0 Å². The van der Waals surface area contributed by atoms with Crippen LogP contribution < -0.4 is 5.56 Å². The Hall–Kier alpha value is -2.41. The molecule has 0 aliphatic rings. The molecule has 0 radical (unpaired) electrons. The Labute approximate surface area is 138 Å². The second-order valence-corrected chi connectivity index (χ2v) is 5.81. The predicted molar refractivity (Wildman–Crippen MR) is 87.3 cm³/mol. The van der Waals surface area contributed by atoms with Gasteiger partial charge in [0.2, 0.25) is 11.8 Å². The van der Waals surface area contributed by atoms with Crippen LogP contribution in [0.15, 0.2) is 29.3 Å². The fourth-order valence-electron chi connectivity index (χ4n) is 1.94. The molecular formula is C15H17ClN4O3. The number of benzene rings is 1. The lowest BCUT2D eigenvalue weighted by Crippen LogP contribution is -2.40. The maximum atomic E-state index is 12.4. The Morgan fingerprint density at radius 2 is 1.91 bits per heavy atom. The number of rotatable bonds is 4. The van der Waals surface area contributed by atoms with E-state index in [1.165, 1.54) is 33.8 Å². The SMILES string of the molecule is CN(C)C(=O)CN(C)C(=O)Cn1cnc2ccc(Cl)cc2c1=O. The molecule has 0 saturated heterocycles. The molecule has 7 nitrogen and oxygen atoms in total. The zero-order valence-corrected chi connectivity index (χ0v) is 13.9. The summed E-state index contributed by atoms with van der Waals surface area (Å²) in [6.07, 6.45) is 1.32. The molecule has 2 aromatic rings. The van der Waals surface area contributed by atoms with E-state index in [4.69, 9.17) is 11.6 Å². The normalized spacial score (nSPS) is 10.6. The quantitative estimate of drug-likeness (QED) is 0.819. The summed E-state index contributed by atoms with van der Waals surface area (Å²) < 4.78 is 1.21. The number of carbonyl (C=O) groups is 2. The van der Waals surface area contributed by atoms with Crippen molar-refractivity contribution in [1.82, 2.24) is 19.4 Å². The topological polar surface area (TPSA) is 75.5 Å². The fraction of sp³-hybridized carbons (Fsp3) is 0.333. The lowest BCUT2D eigenvalue weighted by atomic mass is 10.2. The lowest BCUT2D eigenvalue weighted by Gasteiger charge is -2.19. The van der Waals surface area contributed by atoms with E-state index in [0.29, 0.717) is 15.9 Å². The standard InChI is InChI=1S/C15H17ClN4O3/c1-18(2)13(21)7-19(3)14(22)8-20-9-17-12-5-4-10(16)6-11(12)15(20)23/h4-6,9H,7-8H2,1-3H3. The number of hydrogen-bond acceptors (Lipinski definition) is 4. The highest BCUT2D eigenvalue weighted by molar-refractivity contribution is 6.31. The van der Waals surface area contributed by atoms with Gasteiger partial charge in [-0.3, -0.25) is 19.0 Å². The Kier molecular flexibility index (Phi) is 5.00. The van der Waals surface area contributed by atoms with E-state index in [9.17, 15) is 14.4 Å². The smallest absolute Gasteiger partial charge is 0.261 e. The highest BCUT2D eigenvalue weighted by atomic mass is 35.5. The second-order valence-electron chi connectivity index (χ2n) is 5.38. The van der Waals surface area contributed by atoms with Crippen molar-refractivity contribution in [3.63, 3.8) is 0 Å². The number of hydrogen-bond donors (Lipinski definition) is 0. The van der Waals surface area contributed by atoms with E-state index in [1.54, 1.807) is 26.2 Å². The molecule has 0 aliphatic heterocycles. The van der Waals surface area contributed by atoms with E-state index >= 15 is 0 Å². The first-order valence-corrected chi connectivity index (χ1v) is 7.26. The van der Waals surface area contributed by atoms with E-state index < -0.39 is 0 Å². The molecule has 0 N–H and O–H groups in total. The second kappa shape index (κ2) is 6.78. The Morgan fingerprint density at radius 1 is 1.22 bits per heavy atom. The maximum Gasteiger partial charge on any atom is 0.261 e. The number of amides is 2. The summed E-state index contributed by atoms with van der Waals surface area (Å²) in [7, 11) is 4.74. The van der Waals surface area contributed by atoms with Gasteiger partial charge in [0.1, 0.15) is 6.54 Å². The van der Waals surface area contributed by atoms with Gasteiger partial charge in [0.15, 0.2) is 0 Å². The number of halogens is 1. The zero-order chi connectivity index (χ0) is 17.1. The number of fused-ring (bicyclic) bond motifs is 1. The molecular weight excluding hydrogens is 320 g/mol. The minimum absolute atomic E-state index is 0.0482. The van der Waals surface area contributed by atoms with Crippen molar-refractivity contribution in [1.29, 1.82) is 0 Å². The first-order chi connectivity index (χ1) is 10.8. The van der Waals surface area contributed by atoms with Crippen LogP contribution in [0.1, 0.15) is 0 Å². The van der Waals surface area contributed by atoms with Crippen LogP contribution in [0.25, 0.3) is 10.9 Å². The summed E-state index contributed by atoms with van der Waals surface area (Å²) in [5.74, 6) is -0.554. The van der Waals surface area contributed by atoms with Crippen molar-refractivity contribution in [2.24, 2.45) is 0 Å². The zero-order valence-electron chi connectivity index (χ0n) is 13.1. The molecule has 2 rings (SSSR count). The third-order valence-corrected chi connectivity index (χ3v) is 3.62. The van der Waals surface area contributed by atoms with Crippen LogP contribution >= 0.6 is 11.6 Å². The van der Waals surface area contributed by atoms with Gasteiger partial charge in [-0.15, -0.1) is 0 Å². The monoisotopic (exact) mass is 336 g/mol. The van der Waals surface area contributed by atoms with Crippen molar-refractivity contribution in [2.75, 3.05) is 27.7 Å². The van der Waals surface area contributed by atoms with Crippen molar-refractivity contribution in [2.45, 2.75) is 6.54 Å². The Morgan fingerprint density at radius 3 is 2.57 bits per heavy atom. The Balaban J connectivity index is 2.21. The van der Waals surface area contributed by atoms with E-state index in [1.807, 2.05) is 0 Å². The number of likely N-dealkylation sites (N-methyl/N-ethyl adjacent to an activating group) is 2. The van der Waals surface area contributed by atoms with E-state index in [0.717, 1.165) is 0 Å². The van der Waals surface area contributed by atoms with Gasteiger partial charge in [0, 0.05) is 26.2 Å². The maximum absolute atomic E-state index is 12.4. The molecule has 0 spiro atoms. The van der Waals surface area contributed by atoms with E-state index in [2.05, 4.69) is 4.98 Å². The van der Waals surface area contributed by atoms with Gasteiger partial charge >= 0.3 is 0 Å². The van der Waals surface area contributed by atoms with Crippen LogP contribution in [0.2, 0.25) is 5.02 Å². The fourth-order valence-corrected chi connectivity index (χ4v) is 2.11. The summed E-state index contributed by atoms with van der Waals surface area (Å²) in [5.41, 5.74) is 0.164. The molecule has 0 aliphatic carbocycles. The predicted octanol–water partition coefficient (Wildman–Crippen LogP) is 0.597. The first kappa shape index (κ1) is 17.0. The van der Waals surface area contributed by atoms with Crippen LogP contribution in [-0.4, -0.2) is 58.9 Å². The molecule has 1 aromatic carbocycles. The molecule has 1 heterocycles. The molecule has 0 bridgehead atoms. The third-order valence-electron chi connectivity index (χ3n) is 3.39. The molecule has 0 saturated carbocycles. The molecule has 0 fully saturated rings. The third kappa shape index (κ3) is 3.87. The minimum atomic E-state index is -0.356. The molecule has 8 heteroatoms.